The minimum absolute atomic E-state index is 0.109. The monoisotopic (exact) mass is 292 g/mol. The van der Waals surface area contributed by atoms with E-state index in [0.717, 1.165) is 0 Å². The van der Waals surface area contributed by atoms with E-state index in [4.69, 9.17) is 0 Å². The predicted octanol–water partition coefficient (Wildman–Crippen LogP) is -0.252. The van der Waals surface area contributed by atoms with Crippen LogP contribution < -0.4 is 10.9 Å². The number of rotatable bonds is 2. The van der Waals surface area contributed by atoms with Crippen molar-refractivity contribution in [2.24, 2.45) is 7.05 Å². The Morgan fingerprint density at radius 2 is 2.05 bits per heavy atom. The van der Waals surface area contributed by atoms with Crippen LogP contribution in [0.4, 0.5) is 0 Å². The van der Waals surface area contributed by atoms with Crippen LogP contribution in [-0.4, -0.2) is 45.6 Å². The highest BCUT2D eigenvalue weighted by atomic mass is 16.2. The van der Waals surface area contributed by atoms with E-state index in [1.54, 1.807) is 13.8 Å². The molecule has 0 bridgehead atoms. The summed E-state index contributed by atoms with van der Waals surface area (Å²) in [7, 11) is 1.52. The molecule has 1 fully saturated rings. The molecule has 1 aliphatic heterocycles. The molecule has 1 unspecified atom stereocenters. The molecule has 0 aromatic carbocycles. The van der Waals surface area contributed by atoms with Gasteiger partial charge in [-0.15, -0.1) is 0 Å². The quantitative estimate of drug-likeness (QED) is 0.814. The average molecular weight is 292 g/mol. The molecule has 1 N–H and O–H groups in total. The lowest BCUT2D eigenvalue weighted by Gasteiger charge is -2.34. The molecule has 0 aliphatic carbocycles. The van der Waals surface area contributed by atoms with Crippen molar-refractivity contribution in [3.05, 3.63) is 27.2 Å². The standard InChI is InChI=1S/C14H20N4O3/c1-5-10-12(19)15-6-7-18(10)14(21)11-8(2)9(3)16-17(4)13(11)20/h10H,5-7H2,1-4H3,(H,15,19). The largest absolute Gasteiger partial charge is 0.353 e. The number of amides is 2. The Balaban J connectivity index is 2.49. The molecule has 1 atom stereocenters. The lowest BCUT2D eigenvalue weighted by Crippen LogP contribution is -2.57. The van der Waals surface area contributed by atoms with Gasteiger partial charge in [-0.2, -0.15) is 5.10 Å². The van der Waals surface area contributed by atoms with Gasteiger partial charge in [-0.25, -0.2) is 4.68 Å². The molecule has 2 heterocycles. The maximum atomic E-state index is 12.8. The molecule has 0 spiro atoms. The van der Waals surface area contributed by atoms with E-state index in [2.05, 4.69) is 10.4 Å². The maximum Gasteiger partial charge on any atom is 0.279 e. The van der Waals surface area contributed by atoms with Crippen molar-refractivity contribution in [1.82, 2.24) is 20.0 Å². The van der Waals surface area contributed by atoms with Crippen LogP contribution >= 0.6 is 0 Å². The van der Waals surface area contributed by atoms with E-state index in [1.807, 2.05) is 6.92 Å². The summed E-state index contributed by atoms with van der Waals surface area (Å²) in [5.41, 5.74) is 0.890. The number of aryl methyl sites for hydroxylation is 2. The summed E-state index contributed by atoms with van der Waals surface area (Å²) >= 11 is 0. The van der Waals surface area contributed by atoms with Crippen LogP contribution in [0.3, 0.4) is 0 Å². The van der Waals surface area contributed by atoms with Gasteiger partial charge in [0, 0.05) is 20.1 Å². The van der Waals surface area contributed by atoms with E-state index in [-0.39, 0.29) is 17.4 Å². The smallest absolute Gasteiger partial charge is 0.279 e. The van der Waals surface area contributed by atoms with Crippen molar-refractivity contribution < 1.29 is 9.59 Å². The van der Waals surface area contributed by atoms with Crippen LogP contribution in [-0.2, 0) is 11.8 Å². The minimum atomic E-state index is -0.524. The van der Waals surface area contributed by atoms with Gasteiger partial charge >= 0.3 is 0 Å². The Morgan fingerprint density at radius 3 is 2.67 bits per heavy atom. The van der Waals surface area contributed by atoms with Gasteiger partial charge < -0.3 is 10.2 Å². The maximum absolute atomic E-state index is 12.8. The van der Waals surface area contributed by atoms with Gasteiger partial charge in [0.2, 0.25) is 5.91 Å². The summed E-state index contributed by atoms with van der Waals surface area (Å²) < 4.78 is 1.17. The zero-order valence-electron chi connectivity index (χ0n) is 12.8. The van der Waals surface area contributed by atoms with Gasteiger partial charge in [0.25, 0.3) is 11.5 Å². The number of carbonyl (C=O) groups excluding carboxylic acids is 2. The topological polar surface area (TPSA) is 84.3 Å². The van der Waals surface area contributed by atoms with Crippen molar-refractivity contribution in [1.29, 1.82) is 0 Å². The highest BCUT2D eigenvalue weighted by molar-refractivity contribution is 5.99. The van der Waals surface area contributed by atoms with Gasteiger partial charge in [-0.1, -0.05) is 6.92 Å². The zero-order chi connectivity index (χ0) is 15.7. The van der Waals surface area contributed by atoms with Crippen molar-refractivity contribution in [3.63, 3.8) is 0 Å². The predicted molar refractivity (Wildman–Crippen MR) is 77.1 cm³/mol. The number of hydrogen-bond donors (Lipinski definition) is 1. The lowest BCUT2D eigenvalue weighted by atomic mass is 10.0. The van der Waals surface area contributed by atoms with Crippen LogP contribution in [0, 0.1) is 13.8 Å². The fourth-order valence-electron chi connectivity index (χ4n) is 2.61. The normalized spacial score (nSPS) is 18.6. The van der Waals surface area contributed by atoms with Gasteiger partial charge in [0.1, 0.15) is 11.6 Å². The van der Waals surface area contributed by atoms with E-state index in [0.29, 0.717) is 30.8 Å². The molecule has 21 heavy (non-hydrogen) atoms. The first-order valence-corrected chi connectivity index (χ1v) is 7.01. The molecule has 114 valence electrons. The molecule has 7 nitrogen and oxygen atoms in total. The Hall–Kier alpha value is -2.18. The third kappa shape index (κ3) is 2.55. The van der Waals surface area contributed by atoms with Crippen molar-refractivity contribution >= 4 is 11.8 Å². The Labute approximate surface area is 122 Å². The van der Waals surface area contributed by atoms with Crippen LogP contribution in [0.1, 0.15) is 35.0 Å². The summed E-state index contributed by atoms with van der Waals surface area (Å²) in [6.07, 6.45) is 0.515. The Bertz CT molecular complexity index is 650. The number of piperazine rings is 1. The highest BCUT2D eigenvalue weighted by Gasteiger charge is 2.34. The summed E-state index contributed by atoms with van der Waals surface area (Å²) in [6.45, 7) is 6.13. The second-order valence-corrected chi connectivity index (χ2v) is 5.23. The average Bonchev–Trinajstić information content (AvgIpc) is 2.45. The third-order valence-electron chi connectivity index (χ3n) is 3.92. The zero-order valence-corrected chi connectivity index (χ0v) is 12.8. The molecule has 1 saturated heterocycles. The van der Waals surface area contributed by atoms with Gasteiger partial charge in [0.05, 0.1) is 5.69 Å². The molecule has 7 heteroatoms. The van der Waals surface area contributed by atoms with Crippen LogP contribution in [0.2, 0.25) is 0 Å². The molecule has 2 amide bonds. The highest BCUT2D eigenvalue weighted by Crippen LogP contribution is 2.15. The van der Waals surface area contributed by atoms with E-state index in [9.17, 15) is 14.4 Å². The number of hydrogen-bond acceptors (Lipinski definition) is 4. The first-order valence-electron chi connectivity index (χ1n) is 7.01. The second-order valence-electron chi connectivity index (χ2n) is 5.23. The summed E-state index contributed by atoms with van der Waals surface area (Å²) in [6, 6.07) is -0.524. The molecular weight excluding hydrogens is 272 g/mol. The Kier molecular flexibility index (Phi) is 4.11. The van der Waals surface area contributed by atoms with Gasteiger partial charge in [-0.3, -0.25) is 14.4 Å². The van der Waals surface area contributed by atoms with E-state index >= 15 is 0 Å². The molecule has 1 aromatic heterocycles. The summed E-state index contributed by atoms with van der Waals surface area (Å²) in [4.78, 5) is 38.4. The van der Waals surface area contributed by atoms with Gasteiger partial charge in [-0.05, 0) is 25.8 Å². The van der Waals surface area contributed by atoms with Crippen LogP contribution in [0.15, 0.2) is 4.79 Å². The fraction of sp³-hybridized carbons (Fsp3) is 0.571. The first-order chi connectivity index (χ1) is 9.88. The molecule has 1 aromatic rings. The number of nitrogens with one attached hydrogen (secondary N) is 1. The van der Waals surface area contributed by atoms with Crippen LogP contribution in [0.25, 0.3) is 0 Å². The number of aromatic nitrogens is 2. The molecule has 1 aliphatic rings. The summed E-state index contributed by atoms with van der Waals surface area (Å²) in [5.74, 6) is -0.558. The molecule has 0 radical (unpaired) electrons. The number of carbonyl (C=O) groups is 2. The summed E-state index contributed by atoms with van der Waals surface area (Å²) in [5, 5.41) is 6.81. The third-order valence-corrected chi connectivity index (χ3v) is 3.92. The number of nitrogens with zero attached hydrogens (tertiary/aromatic N) is 3. The van der Waals surface area contributed by atoms with Crippen LogP contribution in [0.5, 0.6) is 0 Å². The fourth-order valence-corrected chi connectivity index (χ4v) is 2.61. The minimum Gasteiger partial charge on any atom is -0.353 e. The molecular formula is C14H20N4O3. The molecule has 2 rings (SSSR count). The second kappa shape index (κ2) is 5.67. The van der Waals surface area contributed by atoms with Gasteiger partial charge in [0.15, 0.2) is 0 Å². The van der Waals surface area contributed by atoms with E-state index in [1.165, 1.54) is 16.6 Å². The van der Waals surface area contributed by atoms with E-state index < -0.39 is 11.6 Å². The molecule has 0 saturated carbocycles. The van der Waals surface area contributed by atoms with Crippen molar-refractivity contribution in [3.8, 4) is 0 Å². The SMILES string of the molecule is CCC1C(=O)NCCN1C(=O)c1c(C)c(C)nn(C)c1=O. The lowest BCUT2D eigenvalue weighted by molar-refractivity contribution is -0.127. The van der Waals surface area contributed by atoms with Crippen molar-refractivity contribution in [2.75, 3.05) is 13.1 Å². The van der Waals surface area contributed by atoms with Crippen molar-refractivity contribution in [2.45, 2.75) is 33.2 Å². The Morgan fingerprint density at radius 1 is 1.38 bits per heavy atom. The first kappa shape index (κ1) is 15.2.